The van der Waals surface area contributed by atoms with Crippen LogP contribution >= 0.6 is 0 Å². The smallest absolute Gasteiger partial charge is 0.414 e. The predicted octanol–water partition coefficient (Wildman–Crippen LogP) is 1.29. The lowest BCUT2D eigenvalue weighted by atomic mass is 9.99. The molecule has 0 radical (unpaired) electrons. The normalized spacial score (nSPS) is 19.5. The maximum absolute atomic E-state index is 11.5. The van der Waals surface area contributed by atoms with Gasteiger partial charge in [-0.05, 0) is 30.2 Å². The van der Waals surface area contributed by atoms with Gasteiger partial charge in [0.1, 0.15) is 6.61 Å². The van der Waals surface area contributed by atoms with Crippen LogP contribution in [0.1, 0.15) is 11.1 Å². The van der Waals surface area contributed by atoms with Crippen LogP contribution in [0.2, 0.25) is 0 Å². The fourth-order valence-corrected chi connectivity index (χ4v) is 2.36. The number of cyclic esters (lactones) is 1. The quantitative estimate of drug-likeness (QED) is 0.772. The molecular weight excluding hydrogens is 204 g/mol. The molecule has 4 heteroatoms. The first-order chi connectivity index (χ1) is 7.86. The van der Waals surface area contributed by atoms with E-state index in [-0.39, 0.29) is 6.09 Å². The molecule has 4 nitrogen and oxygen atoms in total. The Morgan fingerprint density at radius 3 is 3.12 bits per heavy atom. The van der Waals surface area contributed by atoms with E-state index in [1.165, 1.54) is 11.1 Å². The summed E-state index contributed by atoms with van der Waals surface area (Å²) >= 11 is 0. The maximum Gasteiger partial charge on any atom is 0.414 e. The van der Waals surface area contributed by atoms with Crippen LogP contribution in [0.3, 0.4) is 0 Å². The molecule has 0 unspecified atom stereocenters. The van der Waals surface area contributed by atoms with Gasteiger partial charge in [-0.15, -0.1) is 0 Å². The van der Waals surface area contributed by atoms with Crippen LogP contribution in [0.4, 0.5) is 10.5 Å². The van der Waals surface area contributed by atoms with Crippen LogP contribution in [0.25, 0.3) is 0 Å². The minimum atomic E-state index is -0.223. The highest BCUT2D eigenvalue weighted by Gasteiger charge is 2.26. The Morgan fingerprint density at radius 2 is 2.31 bits per heavy atom. The molecule has 1 aromatic carbocycles. The van der Waals surface area contributed by atoms with Crippen molar-refractivity contribution in [2.24, 2.45) is 0 Å². The number of fused-ring (bicyclic) bond motifs is 1. The molecule has 1 amide bonds. The van der Waals surface area contributed by atoms with Gasteiger partial charge in [-0.2, -0.15) is 0 Å². The average Bonchev–Trinajstić information content (AvgIpc) is 2.75. The summed E-state index contributed by atoms with van der Waals surface area (Å²) in [6.07, 6.45) is 0.811. The van der Waals surface area contributed by atoms with Crippen molar-refractivity contribution in [2.45, 2.75) is 13.0 Å². The zero-order valence-corrected chi connectivity index (χ0v) is 9.03. The second-order valence-electron chi connectivity index (χ2n) is 4.11. The summed E-state index contributed by atoms with van der Waals surface area (Å²) < 4.78 is 4.98. The van der Waals surface area contributed by atoms with Crippen molar-refractivity contribution in [3.8, 4) is 0 Å². The molecular formula is C12H14N2O2. The molecule has 3 rings (SSSR count). The third-order valence-corrected chi connectivity index (χ3v) is 3.17. The van der Waals surface area contributed by atoms with Gasteiger partial charge >= 0.3 is 6.09 Å². The number of ether oxygens (including phenoxy) is 1. The van der Waals surface area contributed by atoms with E-state index in [2.05, 4.69) is 11.4 Å². The van der Waals surface area contributed by atoms with Crippen LogP contribution in [-0.2, 0) is 17.7 Å². The van der Waals surface area contributed by atoms with Gasteiger partial charge in [0.05, 0.1) is 12.2 Å². The summed E-state index contributed by atoms with van der Waals surface area (Å²) in [6, 6.07) is 6.16. The van der Waals surface area contributed by atoms with Gasteiger partial charge in [0.2, 0.25) is 0 Å². The van der Waals surface area contributed by atoms with E-state index in [0.717, 1.165) is 25.2 Å². The Balaban J connectivity index is 2.03. The van der Waals surface area contributed by atoms with Crippen LogP contribution in [0.5, 0.6) is 0 Å². The molecule has 2 aliphatic heterocycles. The van der Waals surface area contributed by atoms with Crippen molar-refractivity contribution < 1.29 is 9.53 Å². The standard InChI is InChI=1S/C12H14N2O2/c15-12-14(6-7-16-12)11-3-1-2-9-4-5-13-8-10(9)11/h1-3,13H,4-8H2. The van der Waals surface area contributed by atoms with E-state index in [0.29, 0.717) is 13.2 Å². The summed E-state index contributed by atoms with van der Waals surface area (Å²) in [5.41, 5.74) is 3.59. The highest BCUT2D eigenvalue weighted by atomic mass is 16.6. The fraction of sp³-hybridized carbons (Fsp3) is 0.417. The Bertz CT molecular complexity index is 431. The highest BCUT2D eigenvalue weighted by Crippen LogP contribution is 2.28. The molecule has 0 bridgehead atoms. The van der Waals surface area contributed by atoms with E-state index in [1.54, 1.807) is 4.90 Å². The molecule has 0 atom stereocenters. The van der Waals surface area contributed by atoms with Gasteiger partial charge in [-0.1, -0.05) is 12.1 Å². The minimum Gasteiger partial charge on any atom is -0.447 e. The maximum atomic E-state index is 11.5. The molecule has 2 heterocycles. The predicted molar refractivity (Wildman–Crippen MR) is 60.5 cm³/mol. The van der Waals surface area contributed by atoms with Crippen molar-refractivity contribution in [3.05, 3.63) is 29.3 Å². The van der Waals surface area contributed by atoms with Crippen molar-refractivity contribution in [2.75, 3.05) is 24.6 Å². The molecule has 1 saturated heterocycles. The first kappa shape index (κ1) is 9.66. The summed E-state index contributed by atoms with van der Waals surface area (Å²) in [5, 5.41) is 3.34. The van der Waals surface area contributed by atoms with Crippen LogP contribution in [-0.4, -0.2) is 25.8 Å². The Hall–Kier alpha value is -1.55. The number of nitrogens with zero attached hydrogens (tertiary/aromatic N) is 1. The Morgan fingerprint density at radius 1 is 1.38 bits per heavy atom. The highest BCUT2D eigenvalue weighted by molar-refractivity contribution is 5.90. The zero-order valence-electron chi connectivity index (χ0n) is 9.03. The van der Waals surface area contributed by atoms with E-state index in [1.807, 2.05) is 12.1 Å². The average molecular weight is 218 g/mol. The summed E-state index contributed by atoms with van der Waals surface area (Å²) in [6.45, 7) is 3.02. The van der Waals surface area contributed by atoms with E-state index < -0.39 is 0 Å². The Kier molecular flexibility index (Phi) is 2.29. The van der Waals surface area contributed by atoms with Gasteiger partial charge in [0, 0.05) is 6.54 Å². The van der Waals surface area contributed by atoms with Crippen LogP contribution in [0.15, 0.2) is 18.2 Å². The number of rotatable bonds is 1. The second kappa shape index (κ2) is 3.79. The largest absolute Gasteiger partial charge is 0.447 e. The molecule has 0 aromatic heterocycles. The van der Waals surface area contributed by atoms with E-state index in [9.17, 15) is 4.79 Å². The Labute approximate surface area is 94.2 Å². The molecule has 16 heavy (non-hydrogen) atoms. The monoisotopic (exact) mass is 218 g/mol. The number of hydrogen-bond donors (Lipinski definition) is 1. The molecule has 0 aliphatic carbocycles. The van der Waals surface area contributed by atoms with Gasteiger partial charge in [0.25, 0.3) is 0 Å². The summed E-state index contributed by atoms with van der Waals surface area (Å²) in [5.74, 6) is 0. The topological polar surface area (TPSA) is 41.6 Å². The molecule has 0 saturated carbocycles. The molecule has 1 aromatic rings. The van der Waals surface area contributed by atoms with Gasteiger partial charge < -0.3 is 10.1 Å². The molecule has 84 valence electrons. The molecule has 0 spiro atoms. The van der Waals surface area contributed by atoms with Crippen LogP contribution in [0, 0.1) is 0 Å². The lowest BCUT2D eigenvalue weighted by molar-refractivity contribution is 0.181. The SMILES string of the molecule is O=C1OCCN1c1cccc2c1CNCC2. The second-order valence-corrected chi connectivity index (χ2v) is 4.11. The number of carbonyl (C=O) groups excluding carboxylic acids is 1. The summed E-state index contributed by atoms with van der Waals surface area (Å²) in [4.78, 5) is 13.3. The minimum absolute atomic E-state index is 0.223. The number of hydrogen-bond acceptors (Lipinski definition) is 3. The lowest BCUT2D eigenvalue weighted by Gasteiger charge is -2.23. The molecule has 2 aliphatic rings. The van der Waals surface area contributed by atoms with Crippen LogP contribution < -0.4 is 10.2 Å². The number of benzene rings is 1. The first-order valence-corrected chi connectivity index (χ1v) is 5.62. The van der Waals surface area contributed by atoms with Crippen molar-refractivity contribution >= 4 is 11.8 Å². The van der Waals surface area contributed by atoms with Gasteiger partial charge in [-0.25, -0.2) is 4.79 Å². The number of amides is 1. The third kappa shape index (κ3) is 1.46. The molecule has 1 fully saturated rings. The number of anilines is 1. The van der Waals surface area contributed by atoms with Gasteiger partial charge in [-0.3, -0.25) is 4.90 Å². The van der Waals surface area contributed by atoms with E-state index >= 15 is 0 Å². The third-order valence-electron chi connectivity index (χ3n) is 3.17. The lowest BCUT2D eigenvalue weighted by Crippen LogP contribution is -2.29. The zero-order chi connectivity index (χ0) is 11.0. The summed E-state index contributed by atoms with van der Waals surface area (Å²) in [7, 11) is 0. The van der Waals surface area contributed by atoms with E-state index in [4.69, 9.17) is 4.74 Å². The molecule has 1 N–H and O–H groups in total. The van der Waals surface area contributed by atoms with Gasteiger partial charge in [0.15, 0.2) is 0 Å². The van der Waals surface area contributed by atoms with Crippen molar-refractivity contribution in [3.63, 3.8) is 0 Å². The van der Waals surface area contributed by atoms with Crippen molar-refractivity contribution in [1.82, 2.24) is 5.32 Å². The fourth-order valence-electron chi connectivity index (χ4n) is 2.36. The van der Waals surface area contributed by atoms with Crippen molar-refractivity contribution in [1.29, 1.82) is 0 Å². The first-order valence-electron chi connectivity index (χ1n) is 5.62. The number of nitrogens with one attached hydrogen (secondary N) is 1. The number of carbonyl (C=O) groups is 1.